The van der Waals surface area contributed by atoms with Gasteiger partial charge in [0.2, 0.25) is 0 Å². The molecule has 1 aliphatic heterocycles. The summed E-state index contributed by atoms with van der Waals surface area (Å²) in [6.45, 7) is 0. The van der Waals surface area contributed by atoms with Crippen molar-refractivity contribution in [3.8, 4) is 0 Å². The zero-order valence-electron chi connectivity index (χ0n) is 8.79. The van der Waals surface area contributed by atoms with Gasteiger partial charge in [0.15, 0.2) is 9.84 Å². The molecule has 1 aliphatic rings. The molecule has 1 unspecified atom stereocenters. The first kappa shape index (κ1) is 11.5. The van der Waals surface area contributed by atoms with Crippen LogP contribution < -0.4 is 0 Å². The molecule has 2 rings (SSSR count). The minimum atomic E-state index is -2.95. The fourth-order valence-corrected chi connectivity index (χ4v) is 4.12. The zero-order valence-corrected chi connectivity index (χ0v) is 10.4. The molecular formula is C9H12N2O3S2. The Hall–Kier alpha value is -0.950. The van der Waals surface area contributed by atoms with Crippen molar-refractivity contribution in [2.45, 2.75) is 12.5 Å². The van der Waals surface area contributed by atoms with Gasteiger partial charge in [0.25, 0.3) is 5.91 Å². The minimum Gasteiger partial charge on any atom is -0.337 e. The number of thiazole rings is 1. The third-order valence-corrected chi connectivity index (χ3v) is 5.23. The summed E-state index contributed by atoms with van der Waals surface area (Å²) >= 11 is 1.27. The van der Waals surface area contributed by atoms with Crippen LogP contribution in [0.1, 0.15) is 16.1 Å². The van der Waals surface area contributed by atoms with E-state index < -0.39 is 9.84 Å². The van der Waals surface area contributed by atoms with Gasteiger partial charge < -0.3 is 4.90 Å². The maximum atomic E-state index is 11.9. The Labute approximate surface area is 98.0 Å². The van der Waals surface area contributed by atoms with Crippen molar-refractivity contribution >= 4 is 27.1 Å². The highest BCUT2D eigenvalue weighted by molar-refractivity contribution is 7.91. The highest BCUT2D eigenvalue weighted by Gasteiger charge is 2.33. The number of carbonyl (C=O) groups excluding carboxylic acids is 1. The largest absolute Gasteiger partial charge is 0.337 e. The molecule has 16 heavy (non-hydrogen) atoms. The number of nitrogens with zero attached hydrogens (tertiary/aromatic N) is 2. The zero-order chi connectivity index (χ0) is 11.8. The van der Waals surface area contributed by atoms with Crippen molar-refractivity contribution in [1.29, 1.82) is 0 Å². The molecule has 0 spiro atoms. The van der Waals surface area contributed by atoms with Crippen molar-refractivity contribution in [1.82, 2.24) is 9.88 Å². The second-order valence-electron chi connectivity index (χ2n) is 3.84. The predicted molar refractivity (Wildman–Crippen MR) is 61.3 cm³/mol. The first-order valence-corrected chi connectivity index (χ1v) is 7.56. The van der Waals surface area contributed by atoms with Crippen LogP contribution in [0.5, 0.6) is 0 Å². The molecule has 1 aromatic rings. The lowest BCUT2D eigenvalue weighted by molar-refractivity contribution is 0.0752. The molecule has 1 aromatic heterocycles. The van der Waals surface area contributed by atoms with Crippen LogP contribution in [0.3, 0.4) is 0 Å². The number of hydrogen-bond acceptors (Lipinski definition) is 5. The minimum absolute atomic E-state index is 0.0774. The standard InChI is InChI=1S/C9H12N2O3S2/c1-11(7-2-3-16(13,14)5-7)9(12)8-4-10-6-15-8/h4,6-7H,2-3,5H2,1H3. The molecule has 0 N–H and O–H groups in total. The Kier molecular flexibility index (Phi) is 2.98. The fraction of sp³-hybridized carbons (Fsp3) is 0.556. The van der Waals surface area contributed by atoms with E-state index in [-0.39, 0.29) is 23.5 Å². The lowest BCUT2D eigenvalue weighted by Gasteiger charge is -2.22. The second-order valence-corrected chi connectivity index (χ2v) is 6.95. The lowest BCUT2D eigenvalue weighted by atomic mass is 10.2. The van der Waals surface area contributed by atoms with Crippen LogP contribution in [0, 0.1) is 0 Å². The maximum absolute atomic E-state index is 11.9. The summed E-state index contributed by atoms with van der Waals surface area (Å²) in [4.78, 5) is 17.8. The van der Waals surface area contributed by atoms with Crippen LogP contribution in [0.4, 0.5) is 0 Å². The summed E-state index contributed by atoms with van der Waals surface area (Å²) in [5.41, 5.74) is 1.59. The molecule has 0 bridgehead atoms. The quantitative estimate of drug-likeness (QED) is 0.772. The second kappa shape index (κ2) is 4.14. The van der Waals surface area contributed by atoms with Crippen molar-refractivity contribution in [3.05, 3.63) is 16.6 Å². The van der Waals surface area contributed by atoms with Crippen LogP contribution in [-0.4, -0.2) is 48.8 Å². The van der Waals surface area contributed by atoms with Gasteiger partial charge in [0.05, 0.1) is 23.2 Å². The first-order valence-electron chi connectivity index (χ1n) is 4.86. The molecule has 1 saturated heterocycles. The van der Waals surface area contributed by atoms with Crippen LogP contribution >= 0.6 is 11.3 Å². The average molecular weight is 260 g/mol. The fourth-order valence-electron chi connectivity index (χ4n) is 1.74. The van der Waals surface area contributed by atoms with Crippen LogP contribution in [0.2, 0.25) is 0 Å². The molecule has 1 fully saturated rings. The van der Waals surface area contributed by atoms with Gasteiger partial charge >= 0.3 is 0 Å². The van der Waals surface area contributed by atoms with Gasteiger partial charge in [-0.2, -0.15) is 0 Å². The number of sulfone groups is 1. The molecule has 0 radical (unpaired) electrons. The van der Waals surface area contributed by atoms with Crippen LogP contribution in [-0.2, 0) is 9.84 Å². The van der Waals surface area contributed by atoms with Gasteiger partial charge in [-0.05, 0) is 6.42 Å². The Morgan fingerprint density at radius 1 is 1.62 bits per heavy atom. The third-order valence-electron chi connectivity index (χ3n) is 2.72. The van der Waals surface area contributed by atoms with Gasteiger partial charge in [-0.1, -0.05) is 0 Å². The molecule has 88 valence electrons. The van der Waals surface area contributed by atoms with Gasteiger partial charge in [-0.15, -0.1) is 11.3 Å². The van der Waals surface area contributed by atoms with Crippen LogP contribution in [0.25, 0.3) is 0 Å². The monoisotopic (exact) mass is 260 g/mol. The third kappa shape index (κ3) is 2.25. The van der Waals surface area contributed by atoms with E-state index in [1.165, 1.54) is 22.4 Å². The number of amides is 1. The number of aromatic nitrogens is 1. The Bertz CT molecular complexity index is 481. The molecule has 2 heterocycles. The lowest BCUT2D eigenvalue weighted by Crippen LogP contribution is -2.37. The van der Waals surface area contributed by atoms with E-state index in [9.17, 15) is 13.2 Å². The summed E-state index contributed by atoms with van der Waals surface area (Å²) in [5.74, 6) is 0.107. The molecule has 7 heteroatoms. The highest BCUT2D eigenvalue weighted by atomic mass is 32.2. The highest BCUT2D eigenvalue weighted by Crippen LogP contribution is 2.19. The number of rotatable bonds is 2. The summed E-state index contributed by atoms with van der Waals surface area (Å²) in [6, 6.07) is -0.195. The molecule has 0 saturated carbocycles. The molecule has 0 aliphatic carbocycles. The SMILES string of the molecule is CN(C(=O)c1cncs1)C1CCS(=O)(=O)C1. The van der Waals surface area contributed by atoms with E-state index in [1.807, 2.05) is 0 Å². The average Bonchev–Trinajstić information content (AvgIpc) is 2.84. The first-order chi connectivity index (χ1) is 7.49. The Morgan fingerprint density at radius 3 is 2.88 bits per heavy atom. The van der Waals surface area contributed by atoms with Crippen molar-refractivity contribution in [2.75, 3.05) is 18.6 Å². The van der Waals surface area contributed by atoms with Gasteiger partial charge in [0, 0.05) is 13.1 Å². The van der Waals surface area contributed by atoms with Gasteiger partial charge in [-0.25, -0.2) is 8.42 Å². The van der Waals surface area contributed by atoms with Crippen molar-refractivity contribution in [2.24, 2.45) is 0 Å². The summed E-state index contributed by atoms with van der Waals surface area (Å²) in [5, 5.41) is 0. The van der Waals surface area contributed by atoms with E-state index in [0.29, 0.717) is 11.3 Å². The Morgan fingerprint density at radius 2 is 2.38 bits per heavy atom. The normalized spacial score (nSPS) is 23.2. The molecule has 5 nitrogen and oxygen atoms in total. The van der Waals surface area contributed by atoms with Gasteiger partial charge in [-0.3, -0.25) is 9.78 Å². The molecule has 1 atom stereocenters. The van der Waals surface area contributed by atoms with Crippen molar-refractivity contribution < 1.29 is 13.2 Å². The van der Waals surface area contributed by atoms with Gasteiger partial charge in [0.1, 0.15) is 4.88 Å². The Balaban J connectivity index is 2.09. The number of hydrogen-bond donors (Lipinski definition) is 0. The van der Waals surface area contributed by atoms with E-state index in [4.69, 9.17) is 0 Å². The molecule has 1 amide bonds. The molecular weight excluding hydrogens is 248 g/mol. The van der Waals surface area contributed by atoms with E-state index in [1.54, 1.807) is 12.6 Å². The molecule has 0 aromatic carbocycles. The predicted octanol–water partition coefficient (Wildman–Crippen LogP) is 0.402. The van der Waals surface area contributed by atoms with E-state index >= 15 is 0 Å². The van der Waals surface area contributed by atoms with Crippen LogP contribution in [0.15, 0.2) is 11.7 Å². The summed E-state index contributed by atoms with van der Waals surface area (Å²) < 4.78 is 22.6. The smallest absolute Gasteiger partial charge is 0.265 e. The van der Waals surface area contributed by atoms with Crippen molar-refractivity contribution in [3.63, 3.8) is 0 Å². The summed E-state index contributed by atoms with van der Waals surface area (Å²) in [7, 11) is -1.30. The summed E-state index contributed by atoms with van der Waals surface area (Å²) in [6.07, 6.45) is 2.04. The van der Waals surface area contributed by atoms with E-state index in [2.05, 4.69) is 4.98 Å². The maximum Gasteiger partial charge on any atom is 0.265 e. The van der Waals surface area contributed by atoms with E-state index in [0.717, 1.165) is 0 Å². The number of carbonyl (C=O) groups is 1. The topological polar surface area (TPSA) is 67.3 Å².